The Hall–Kier alpha value is -1.35. The Morgan fingerprint density at radius 1 is 1.17 bits per heavy atom. The summed E-state index contributed by atoms with van der Waals surface area (Å²) >= 11 is 0. The molecule has 1 aliphatic heterocycles. The van der Waals surface area contributed by atoms with Gasteiger partial charge in [-0.1, -0.05) is 37.3 Å². The van der Waals surface area contributed by atoms with Crippen LogP contribution in [-0.2, 0) is 9.47 Å². The van der Waals surface area contributed by atoms with Crippen LogP contribution in [-0.4, -0.2) is 70.1 Å². The van der Waals surface area contributed by atoms with E-state index < -0.39 is 37.3 Å². The normalized spacial score (nSPS) is 31.6. The number of hydrogen-bond donors (Lipinski definition) is 4. The molecule has 1 aliphatic rings. The molecule has 1 aromatic rings. The SMILES string of the molecule is C[C@@H](CO[C@@H]1O[C@H](CO)[C@@H](O)[C@H](O)[C@H]1O)CC(=O)c1ccccc1. The van der Waals surface area contributed by atoms with Crippen LogP contribution in [0.1, 0.15) is 23.7 Å². The Morgan fingerprint density at radius 3 is 2.46 bits per heavy atom. The van der Waals surface area contributed by atoms with E-state index in [-0.39, 0.29) is 24.7 Å². The van der Waals surface area contributed by atoms with Crippen molar-refractivity contribution in [3.8, 4) is 0 Å². The van der Waals surface area contributed by atoms with Crippen LogP contribution in [0.4, 0.5) is 0 Å². The molecule has 0 unspecified atom stereocenters. The van der Waals surface area contributed by atoms with Crippen molar-refractivity contribution in [2.75, 3.05) is 13.2 Å². The molecule has 6 atom stereocenters. The first-order valence-electron chi connectivity index (χ1n) is 7.94. The minimum atomic E-state index is -1.47. The van der Waals surface area contributed by atoms with Gasteiger partial charge in [-0.05, 0) is 5.92 Å². The highest BCUT2D eigenvalue weighted by Gasteiger charge is 2.44. The van der Waals surface area contributed by atoms with Gasteiger partial charge in [-0.15, -0.1) is 0 Å². The van der Waals surface area contributed by atoms with Crippen molar-refractivity contribution in [3.63, 3.8) is 0 Å². The lowest BCUT2D eigenvalue weighted by atomic mass is 9.99. The zero-order chi connectivity index (χ0) is 17.7. The molecule has 7 heteroatoms. The lowest BCUT2D eigenvalue weighted by molar-refractivity contribution is -0.302. The van der Waals surface area contributed by atoms with Crippen molar-refractivity contribution in [3.05, 3.63) is 35.9 Å². The first-order chi connectivity index (χ1) is 11.4. The van der Waals surface area contributed by atoms with Gasteiger partial charge in [0.2, 0.25) is 0 Å². The maximum absolute atomic E-state index is 12.1. The van der Waals surface area contributed by atoms with Gasteiger partial charge in [-0.3, -0.25) is 4.79 Å². The fourth-order valence-electron chi connectivity index (χ4n) is 2.58. The Morgan fingerprint density at radius 2 is 1.83 bits per heavy atom. The molecular formula is C17H24O7. The number of carbonyl (C=O) groups is 1. The highest BCUT2D eigenvalue weighted by atomic mass is 16.7. The summed E-state index contributed by atoms with van der Waals surface area (Å²) in [5, 5.41) is 38.4. The number of aliphatic hydroxyl groups is 4. The molecule has 24 heavy (non-hydrogen) atoms. The number of ether oxygens (including phenoxy) is 2. The number of Topliss-reactive ketones (excluding diaryl/α,β-unsaturated/α-hetero) is 1. The molecule has 0 saturated carbocycles. The number of ketones is 1. The van der Waals surface area contributed by atoms with Gasteiger partial charge in [-0.25, -0.2) is 0 Å². The van der Waals surface area contributed by atoms with E-state index in [9.17, 15) is 20.1 Å². The monoisotopic (exact) mass is 340 g/mol. The lowest BCUT2D eigenvalue weighted by Gasteiger charge is -2.39. The molecule has 0 spiro atoms. The molecule has 4 N–H and O–H groups in total. The summed E-state index contributed by atoms with van der Waals surface area (Å²) in [6.07, 6.45) is -6.23. The van der Waals surface area contributed by atoms with Gasteiger partial charge >= 0.3 is 0 Å². The van der Waals surface area contributed by atoms with Crippen LogP contribution in [0, 0.1) is 5.92 Å². The summed E-state index contributed by atoms with van der Waals surface area (Å²) in [7, 11) is 0. The molecule has 0 radical (unpaired) electrons. The van der Waals surface area contributed by atoms with Crippen molar-refractivity contribution >= 4 is 5.78 Å². The van der Waals surface area contributed by atoms with E-state index in [4.69, 9.17) is 14.6 Å². The highest BCUT2D eigenvalue weighted by Crippen LogP contribution is 2.23. The second-order valence-electron chi connectivity index (χ2n) is 6.13. The second kappa shape index (κ2) is 8.66. The van der Waals surface area contributed by atoms with Gasteiger partial charge in [0, 0.05) is 12.0 Å². The Bertz CT molecular complexity index is 519. The second-order valence-corrected chi connectivity index (χ2v) is 6.13. The summed E-state index contributed by atoms with van der Waals surface area (Å²) in [5.74, 6) is -0.148. The Balaban J connectivity index is 1.84. The molecule has 0 aliphatic carbocycles. The molecule has 1 heterocycles. The van der Waals surface area contributed by atoms with Gasteiger partial charge in [-0.2, -0.15) is 0 Å². The van der Waals surface area contributed by atoms with Crippen molar-refractivity contribution in [1.82, 2.24) is 0 Å². The summed E-state index contributed by atoms with van der Waals surface area (Å²) in [6.45, 7) is 1.44. The summed E-state index contributed by atoms with van der Waals surface area (Å²) < 4.78 is 10.7. The number of rotatable bonds is 7. The predicted molar refractivity (Wildman–Crippen MR) is 84.3 cm³/mol. The van der Waals surface area contributed by atoms with Crippen molar-refractivity contribution < 1.29 is 34.7 Å². The van der Waals surface area contributed by atoms with Crippen molar-refractivity contribution in [2.24, 2.45) is 5.92 Å². The smallest absolute Gasteiger partial charge is 0.186 e. The molecule has 0 bridgehead atoms. The molecule has 0 aromatic heterocycles. The van der Waals surface area contributed by atoms with Gasteiger partial charge in [0.15, 0.2) is 12.1 Å². The predicted octanol–water partition coefficient (Wildman–Crippen LogP) is -0.288. The molecule has 0 amide bonds. The summed E-state index contributed by atoms with van der Waals surface area (Å²) in [4.78, 5) is 12.1. The van der Waals surface area contributed by atoms with E-state index in [2.05, 4.69) is 0 Å². The summed E-state index contributed by atoms with van der Waals surface area (Å²) in [5.41, 5.74) is 0.622. The van der Waals surface area contributed by atoms with Crippen LogP contribution in [0.3, 0.4) is 0 Å². The van der Waals surface area contributed by atoms with Crippen LogP contribution in [0.2, 0.25) is 0 Å². The van der Waals surface area contributed by atoms with E-state index in [0.717, 1.165) is 0 Å². The van der Waals surface area contributed by atoms with Gasteiger partial charge in [0.05, 0.1) is 13.2 Å². The first kappa shape index (κ1) is 19.0. The third-order valence-corrected chi connectivity index (χ3v) is 4.02. The zero-order valence-corrected chi connectivity index (χ0v) is 13.5. The van der Waals surface area contributed by atoms with Gasteiger partial charge < -0.3 is 29.9 Å². The summed E-state index contributed by atoms with van der Waals surface area (Å²) in [6, 6.07) is 8.91. The maximum Gasteiger partial charge on any atom is 0.186 e. The average molecular weight is 340 g/mol. The molecule has 1 aromatic carbocycles. The van der Waals surface area contributed by atoms with Crippen LogP contribution in [0.25, 0.3) is 0 Å². The van der Waals surface area contributed by atoms with E-state index in [0.29, 0.717) is 5.56 Å². The van der Waals surface area contributed by atoms with Gasteiger partial charge in [0.1, 0.15) is 24.4 Å². The number of benzene rings is 1. The number of carbonyl (C=O) groups excluding carboxylic acids is 1. The standard InChI is InChI=1S/C17H24O7/c1-10(7-12(19)11-5-3-2-4-6-11)9-23-17-16(22)15(21)14(20)13(8-18)24-17/h2-6,10,13-18,20-22H,7-9H2,1H3/t10-,13-,14-,15+,16-,17-/m1/s1. The highest BCUT2D eigenvalue weighted by molar-refractivity contribution is 5.96. The topological polar surface area (TPSA) is 116 Å². The zero-order valence-electron chi connectivity index (χ0n) is 13.5. The lowest BCUT2D eigenvalue weighted by Crippen LogP contribution is -2.59. The number of aliphatic hydroxyl groups excluding tert-OH is 4. The van der Waals surface area contributed by atoms with Crippen molar-refractivity contribution in [2.45, 2.75) is 44.1 Å². The van der Waals surface area contributed by atoms with Crippen LogP contribution < -0.4 is 0 Å². The van der Waals surface area contributed by atoms with E-state index >= 15 is 0 Å². The van der Waals surface area contributed by atoms with E-state index in [1.54, 1.807) is 24.3 Å². The molecule has 1 fully saturated rings. The Kier molecular flexibility index (Phi) is 6.85. The Labute approximate surface area is 140 Å². The molecular weight excluding hydrogens is 316 g/mol. The third kappa shape index (κ3) is 4.60. The molecule has 1 saturated heterocycles. The van der Waals surface area contributed by atoms with Gasteiger partial charge in [0.25, 0.3) is 0 Å². The van der Waals surface area contributed by atoms with Crippen LogP contribution in [0.5, 0.6) is 0 Å². The minimum absolute atomic E-state index is 0.0134. The minimum Gasteiger partial charge on any atom is -0.394 e. The van der Waals surface area contributed by atoms with Crippen molar-refractivity contribution in [1.29, 1.82) is 0 Å². The molecule has 134 valence electrons. The van der Waals surface area contributed by atoms with Crippen LogP contribution in [0.15, 0.2) is 30.3 Å². The first-order valence-corrected chi connectivity index (χ1v) is 7.94. The average Bonchev–Trinajstić information content (AvgIpc) is 2.60. The van der Waals surface area contributed by atoms with E-state index in [1.807, 2.05) is 13.0 Å². The quantitative estimate of drug-likeness (QED) is 0.504. The third-order valence-electron chi connectivity index (χ3n) is 4.02. The molecule has 7 nitrogen and oxygen atoms in total. The van der Waals surface area contributed by atoms with Crippen LogP contribution >= 0.6 is 0 Å². The van der Waals surface area contributed by atoms with E-state index in [1.165, 1.54) is 0 Å². The maximum atomic E-state index is 12.1. The number of hydrogen-bond acceptors (Lipinski definition) is 7. The fourth-order valence-corrected chi connectivity index (χ4v) is 2.58. The molecule has 2 rings (SSSR count). The largest absolute Gasteiger partial charge is 0.394 e. The fraction of sp³-hybridized carbons (Fsp3) is 0.588.